The number of nitrogens with two attached hydrogens (primary N) is 1. The first-order chi connectivity index (χ1) is 15.5. The van der Waals surface area contributed by atoms with Crippen molar-refractivity contribution in [1.82, 2.24) is 0 Å². The summed E-state index contributed by atoms with van der Waals surface area (Å²) in [7, 11) is -1.93. The molecule has 174 valence electrons. The second kappa shape index (κ2) is 8.57. The minimum atomic E-state index is -1.93. The Kier molecular flexibility index (Phi) is 6.08. The number of benzene rings is 3. The van der Waals surface area contributed by atoms with Gasteiger partial charge in [0.25, 0.3) is 0 Å². The average molecular weight is 460 g/mol. The van der Waals surface area contributed by atoms with Crippen LogP contribution in [-0.2, 0) is 0 Å². The van der Waals surface area contributed by atoms with Crippen molar-refractivity contribution in [2.45, 2.75) is 64.6 Å². The van der Waals surface area contributed by atoms with E-state index in [4.69, 9.17) is 14.9 Å². The Morgan fingerprint density at radius 3 is 2.18 bits per heavy atom. The van der Waals surface area contributed by atoms with Crippen molar-refractivity contribution in [3.63, 3.8) is 0 Å². The molecule has 33 heavy (non-hydrogen) atoms. The molecule has 0 saturated heterocycles. The topological polar surface area (TPSA) is 44.5 Å². The molecule has 0 amide bonds. The van der Waals surface area contributed by atoms with E-state index in [1.165, 1.54) is 27.8 Å². The van der Waals surface area contributed by atoms with E-state index in [9.17, 15) is 0 Å². The van der Waals surface area contributed by atoms with Crippen LogP contribution in [0.1, 0.15) is 60.4 Å². The highest BCUT2D eigenvalue weighted by Crippen LogP contribution is 2.48. The van der Waals surface area contributed by atoms with Crippen molar-refractivity contribution < 1.29 is 9.16 Å². The summed E-state index contributed by atoms with van der Waals surface area (Å²) in [6.07, 6.45) is 0. The van der Waals surface area contributed by atoms with Crippen molar-refractivity contribution >= 4 is 14.0 Å². The third-order valence-electron chi connectivity index (χ3n) is 7.57. The molecule has 2 atom stereocenters. The highest BCUT2D eigenvalue weighted by Gasteiger charge is 2.39. The summed E-state index contributed by atoms with van der Waals surface area (Å²) in [5.74, 6) is 2.25. The van der Waals surface area contributed by atoms with Gasteiger partial charge in [-0.15, -0.1) is 0 Å². The largest absolute Gasteiger partial charge is 0.543 e. The molecule has 0 aromatic heterocycles. The van der Waals surface area contributed by atoms with Crippen molar-refractivity contribution in [2.24, 2.45) is 0 Å². The molecule has 1 heterocycles. The first-order valence-electron chi connectivity index (χ1n) is 11.8. The van der Waals surface area contributed by atoms with Crippen LogP contribution in [0.4, 0.5) is 5.69 Å². The number of ether oxygens (including phenoxy) is 1. The zero-order valence-corrected chi connectivity index (χ0v) is 22.0. The molecule has 2 unspecified atom stereocenters. The Labute approximate surface area is 200 Å². The zero-order chi connectivity index (χ0) is 24.0. The van der Waals surface area contributed by atoms with Crippen LogP contribution in [0, 0.1) is 13.8 Å². The standard InChI is InChI=1S/C29H37NO2Si/c1-19-8-9-22(16-20(19)2)26-18-31-27-17-24(32-33(6,7)29(3,4)5)14-15-25(27)28(26)21-10-12-23(30)13-11-21/h8-17,26,28H,18,30H2,1-7H3. The van der Waals surface area contributed by atoms with Crippen LogP contribution in [0.15, 0.2) is 60.7 Å². The maximum absolute atomic E-state index is 6.57. The molecule has 0 saturated carbocycles. The molecule has 3 aromatic carbocycles. The minimum absolute atomic E-state index is 0.144. The van der Waals surface area contributed by atoms with E-state index in [1.807, 2.05) is 12.1 Å². The van der Waals surface area contributed by atoms with Gasteiger partial charge in [-0.2, -0.15) is 0 Å². The third-order valence-corrected chi connectivity index (χ3v) is 11.9. The number of aryl methyl sites for hydroxylation is 2. The predicted molar refractivity (Wildman–Crippen MR) is 141 cm³/mol. The number of hydrogen-bond acceptors (Lipinski definition) is 3. The summed E-state index contributed by atoms with van der Waals surface area (Å²) in [5, 5.41) is 0.144. The molecule has 4 rings (SSSR count). The summed E-state index contributed by atoms with van der Waals surface area (Å²) in [6, 6.07) is 21.5. The van der Waals surface area contributed by atoms with Crippen LogP contribution < -0.4 is 14.9 Å². The number of rotatable bonds is 4. The van der Waals surface area contributed by atoms with E-state index in [1.54, 1.807) is 0 Å². The second-order valence-corrected chi connectivity index (χ2v) is 15.7. The molecule has 1 aliphatic heterocycles. The second-order valence-electron chi connectivity index (χ2n) is 11.0. The highest BCUT2D eigenvalue weighted by atomic mass is 28.4. The number of fused-ring (bicyclic) bond motifs is 1. The van der Waals surface area contributed by atoms with Gasteiger partial charge >= 0.3 is 0 Å². The zero-order valence-electron chi connectivity index (χ0n) is 21.0. The summed E-state index contributed by atoms with van der Waals surface area (Å²) in [4.78, 5) is 0. The normalized spacial score (nSPS) is 18.4. The maximum atomic E-state index is 6.57. The molecule has 0 bridgehead atoms. The predicted octanol–water partition coefficient (Wildman–Crippen LogP) is 7.58. The maximum Gasteiger partial charge on any atom is 0.250 e. The lowest BCUT2D eigenvalue weighted by atomic mass is 9.75. The minimum Gasteiger partial charge on any atom is -0.543 e. The number of nitrogen functional groups attached to an aromatic ring is 1. The SMILES string of the molecule is Cc1ccc(C2COc3cc(O[Si](C)(C)C(C)(C)C)ccc3C2c2ccc(N)cc2)cc1C. The Balaban J connectivity index is 1.76. The molecule has 3 aromatic rings. The quantitative estimate of drug-likeness (QED) is 0.323. The first-order valence-corrected chi connectivity index (χ1v) is 14.8. The van der Waals surface area contributed by atoms with Gasteiger partial charge in [0.1, 0.15) is 11.5 Å². The van der Waals surface area contributed by atoms with Crippen molar-refractivity contribution in [3.05, 3.63) is 88.5 Å². The van der Waals surface area contributed by atoms with Crippen molar-refractivity contribution in [1.29, 1.82) is 0 Å². The van der Waals surface area contributed by atoms with Gasteiger partial charge in [0, 0.05) is 29.2 Å². The molecule has 0 aliphatic carbocycles. The van der Waals surface area contributed by atoms with Crippen LogP contribution in [0.25, 0.3) is 0 Å². The van der Waals surface area contributed by atoms with Crippen LogP contribution in [0.2, 0.25) is 18.1 Å². The molecule has 3 nitrogen and oxygen atoms in total. The fourth-order valence-electron chi connectivity index (χ4n) is 4.30. The van der Waals surface area contributed by atoms with E-state index < -0.39 is 8.32 Å². The summed E-state index contributed by atoms with van der Waals surface area (Å²) in [5.41, 5.74) is 13.2. The van der Waals surface area contributed by atoms with E-state index in [2.05, 4.69) is 96.2 Å². The lowest BCUT2D eigenvalue weighted by Crippen LogP contribution is -2.43. The van der Waals surface area contributed by atoms with Gasteiger partial charge in [-0.05, 0) is 72.4 Å². The molecular weight excluding hydrogens is 422 g/mol. The fourth-order valence-corrected chi connectivity index (χ4v) is 5.32. The van der Waals surface area contributed by atoms with E-state index in [0.717, 1.165) is 17.2 Å². The van der Waals surface area contributed by atoms with Crippen LogP contribution in [-0.4, -0.2) is 14.9 Å². The first kappa shape index (κ1) is 23.4. The molecule has 0 radical (unpaired) electrons. The van der Waals surface area contributed by atoms with Gasteiger partial charge in [-0.25, -0.2) is 0 Å². The van der Waals surface area contributed by atoms with Crippen LogP contribution in [0.5, 0.6) is 11.5 Å². The molecule has 4 heteroatoms. The Morgan fingerprint density at radius 1 is 0.879 bits per heavy atom. The monoisotopic (exact) mass is 459 g/mol. The van der Waals surface area contributed by atoms with Gasteiger partial charge in [0.15, 0.2) is 0 Å². The van der Waals surface area contributed by atoms with Gasteiger partial charge in [-0.3, -0.25) is 0 Å². The van der Waals surface area contributed by atoms with Gasteiger partial charge in [-0.1, -0.05) is 57.2 Å². The molecule has 0 fully saturated rings. The van der Waals surface area contributed by atoms with Gasteiger partial charge < -0.3 is 14.9 Å². The number of hydrogen-bond donors (Lipinski definition) is 1. The van der Waals surface area contributed by atoms with Crippen molar-refractivity contribution in [2.75, 3.05) is 12.3 Å². The summed E-state index contributed by atoms with van der Waals surface area (Å²) >= 11 is 0. The number of anilines is 1. The van der Waals surface area contributed by atoms with Gasteiger partial charge in [0.05, 0.1) is 6.61 Å². The third kappa shape index (κ3) is 4.67. The summed E-state index contributed by atoms with van der Waals surface area (Å²) in [6.45, 7) is 16.3. The summed E-state index contributed by atoms with van der Waals surface area (Å²) < 4.78 is 13.0. The Bertz CT molecular complexity index is 1150. The molecule has 0 spiro atoms. The lowest BCUT2D eigenvalue weighted by molar-refractivity contribution is 0.248. The Hall–Kier alpha value is -2.72. The van der Waals surface area contributed by atoms with Crippen molar-refractivity contribution in [3.8, 4) is 11.5 Å². The molecule has 2 N–H and O–H groups in total. The van der Waals surface area contributed by atoms with E-state index in [-0.39, 0.29) is 16.9 Å². The van der Waals surface area contributed by atoms with Gasteiger partial charge in [0.2, 0.25) is 8.32 Å². The van der Waals surface area contributed by atoms with E-state index in [0.29, 0.717) is 6.61 Å². The molecule has 1 aliphatic rings. The average Bonchev–Trinajstić information content (AvgIpc) is 2.74. The van der Waals surface area contributed by atoms with Crippen LogP contribution in [0.3, 0.4) is 0 Å². The van der Waals surface area contributed by atoms with Crippen LogP contribution >= 0.6 is 0 Å². The van der Waals surface area contributed by atoms with E-state index >= 15 is 0 Å². The molecular formula is C29H37NO2Si. The fraction of sp³-hybridized carbons (Fsp3) is 0.379. The highest BCUT2D eigenvalue weighted by molar-refractivity contribution is 6.74. The lowest BCUT2D eigenvalue weighted by Gasteiger charge is -2.38. The smallest absolute Gasteiger partial charge is 0.250 e. The Morgan fingerprint density at radius 2 is 1.55 bits per heavy atom.